The number of hydrogen-bond donors (Lipinski definition) is 1. The number of carboxylic acid groups (broad SMARTS) is 1. The third kappa shape index (κ3) is 2.22. The fourth-order valence-electron chi connectivity index (χ4n) is 4.51. The van der Waals surface area contributed by atoms with Gasteiger partial charge in [0.2, 0.25) is 0 Å². The van der Waals surface area contributed by atoms with Gasteiger partial charge in [-0.2, -0.15) is 0 Å². The Morgan fingerprint density at radius 3 is 2.38 bits per heavy atom. The molecule has 1 aromatic rings. The lowest BCUT2D eigenvalue weighted by Crippen LogP contribution is -2.37. The van der Waals surface area contributed by atoms with Gasteiger partial charge in [0.15, 0.2) is 0 Å². The minimum Gasteiger partial charge on any atom is -0.465 e. The van der Waals surface area contributed by atoms with E-state index < -0.39 is 6.09 Å². The molecule has 0 bridgehead atoms. The van der Waals surface area contributed by atoms with E-state index in [2.05, 4.69) is 29.2 Å². The molecule has 4 heteroatoms. The first-order valence-electron chi connectivity index (χ1n) is 7.94. The van der Waals surface area contributed by atoms with E-state index in [-0.39, 0.29) is 5.41 Å². The molecule has 0 saturated carbocycles. The average Bonchev–Trinajstić information content (AvgIpc) is 3.18. The first-order valence-corrected chi connectivity index (χ1v) is 7.94. The number of amides is 1. The second kappa shape index (κ2) is 4.73. The van der Waals surface area contributed by atoms with Crippen LogP contribution in [0.15, 0.2) is 24.3 Å². The second-order valence-electron chi connectivity index (χ2n) is 7.01. The van der Waals surface area contributed by atoms with Crippen molar-refractivity contribution in [3.63, 3.8) is 0 Å². The summed E-state index contributed by atoms with van der Waals surface area (Å²) < 4.78 is 0. The molecular weight excluding hydrogens is 264 g/mol. The minimum absolute atomic E-state index is 0.229. The van der Waals surface area contributed by atoms with Crippen LogP contribution in [0.2, 0.25) is 0 Å². The lowest BCUT2D eigenvalue weighted by Gasteiger charge is -2.27. The number of hydrogen-bond acceptors (Lipinski definition) is 2. The van der Waals surface area contributed by atoms with Gasteiger partial charge in [0.1, 0.15) is 0 Å². The highest BCUT2D eigenvalue weighted by Gasteiger charge is 2.46. The Morgan fingerprint density at radius 1 is 1.10 bits per heavy atom. The Hall–Kier alpha value is -1.55. The van der Waals surface area contributed by atoms with Crippen molar-refractivity contribution in [2.24, 2.45) is 5.41 Å². The number of fused-ring (bicyclic) bond motifs is 1. The van der Waals surface area contributed by atoms with E-state index >= 15 is 0 Å². The quantitative estimate of drug-likeness (QED) is 0.861. The lowest BCUT2D eigenvalue weighted by atomic mass is 9.86. The van der Waals surface area contributed by atoms with E-state index in [4.69, 9.17) is 5.11 Å². The zero-order chi connectivity index (χ0) is 14.4. The Balaban J connectivity index is 1.43. The molecule has 2 aliphatic heterocycles. The highest BCUT2D eigenvalue weighted by molar-refractivity contribution is 5.65. The monoisotopic (exact) mass is 286 g/mol. The number of benzene rings is 1. The molecule has 1 spiro atoms. The molecule has 2 fully saturated rings. The molecule has 1 atom stereocenters. The van der Waals surface area contributed by atoms with E-state index in [0.717, 1.165) is 45.3 Å². The highest BCUT2D eigenvalue weighted by atomic mass is 16.4. The summed E-state index contributed by atoms with van der Waals surface area (Å²) >= 11 is 0. The second-order valence-corrected chi connectivity index (χ2v) is 7.01. The van der Waals surface area contributed by atoms with Crippen molar-refractivity contribution in [2.75, 3.05) is 26.2 Å². The van der Waals surface area contributed by atoms with Crippen LogP contribution in [0.25, 0.3) is 0 Å². The highest BCUT2D eigenvalue weighted by Crippen LogP contribution is 2.41. The first-order chi connectivity index (χ1) is 10.2. The molecule has 4 rings (SSSR count). The average molecular weight is 286 g/mol. The molecule has 0 aromatic heterocycles. The molecule has 1 N–H and O–H groups in total. The number of nitrogens with zero attached hydrogens (tertiary/aromatic N) is 2. The van der Waals surface area contributed by atoms with Crippen molar-refractivity contribution >= 4 is 6.09 Å². The molecule has 2 heterocycles. The predicted molar refractivity (Wildman–Crippen MR) is 80.5 cm³/mol. The molecule has 1 unspecified atom stereocenters. The summed E-state index contributed by atoms with van der Waals surface area (Å²) in [5.74, 6) is 0. The summed E-state index contributed by atoms with van der Waals surface area (Å²) in [5, 5.41) is 9.17. The fraction of sp³-hybridized carbons (Fsp3) is 0.588. The molecule has 2 saturated heterocycles. The van der Waals surface area contributed by atoms with Gasteiger partial charge in [-0.25, -0.2) is 4.79 Å². The van der Waals surface area contributed by atoms with Crippen molar-refractivity contribution in [3.8, 4) is 0 Å². The van der Waals surface area contributed by atoms with E-state index in [1.165, 1.54) is 11.1 Å². The van der Waals surface area contributed by atoms with Crippen LogP contribution in [0.1, 0.15) is 24.0 Å². The van der Waals surface area contributed by atoms with Crippen molar-refractivity contribution in [1.82, 2.24) is 9.80 Å². The van der Waals surface area contributed by atoms with Gasteiger partial charge in [0, 0.05) is 31.1 Å². The Labute approximate surface area is 125 Å². The van der Waals surface area contributed by atoms with Crippen LogP contribution in [-0.4, -0.2) is 53.2 Å². The fourth-order valence-corrected chi connectivity index (χ4v) is 4.51. The Kier molecular flexibility index (Phi) is 2.96. The van der Waals surface area contributed by atoms with Gasteiger partial charge in [-0.05, 0) is 43.4 Å². The van der Waals surface area contributed by atoms with Gasteiger partial charge in [0.05, 0.1) is 0 Å². The van der Waals surface area contributed by atoms with Crippen LogP contribution < -0.4 is 0 Å². The maximum atomic E-state index is 11.1. The summed E-state index contributed by atoms with van der Waals surface area (Å²) in [6.07, 6.45) is 3.77. The molecule has 4 nitrogen and oxygen atoms in total. The van der Waals surface area contributed by atoms with Crippen molar-refractivity contribution in [2.45, 2.75) is 31.7 Å². The number of rotatable bonds is 1. The molecular formula is C17H22N2O2. The van der Waals surface area contributed by atoms with Gasteiger partial charge in [-0.15, -0.1) is 0 Å². The minimum atomic E-state index is -0.751. The van der Waals surface area contributed by atoms with Crippen molar-refractivity contribution in [1.29, 1.82) is 0 Å². The summed E-state index contributed by atoms with van der Waals surface area (Å²) in [5.41, 5.74) is 3.23. The molecule has 1 aromatic carbocycles. The SMILES string of the molecule is O=C(O)N1CCC2(CCN(C3Cc4ccccc4C3)C2)C1. The van der Waals surface area contributed by atoms with Gasteiger partial charge in [0.25, 0.3) is 0 Å². The van der Waals surface area contributed by atoms with Gasteiger partial charge < -0.3 is 10.0 Å². The summed E-state index contributed by atoms with van der Waals surface area (Å²) in [6, 6.07) is 9.40. The molecule has 1 aliphatic carbocycles. The molecule has 21 heavy (non-hydrogen) atoms. The normalized spacial score (nSPS) is 29.4. The summed E-state index contributed by atoms with van der Waals surface area (Å²) in [7, 11) is 0. The zero-order valence-electron chi connectivity index (χ0n) is 12.3. The van der Waals surface area contributed by atoms with Crippen molar-refractivity contribution in [3.05, 3.63) is 35.4 Å². The van der Waals surface area contributed by atoms with E-state index in [9.17, 15) is 4.79 Å². The standard InChI is InChI=1S/C17H22N2O2/c20-16(21)19-8-6-17(12-19)5-7-18(11-17)15-9-13-3-1-2-4-14(13)10-15/h1-4,15H,5-12H2,(H,20,21). The Morgan fingerprint density at radius 2 is 1.76 bits per heavy atom. The third-order valence-corrected chi connectivity index (χ3v) is 5.72. The molecule has 1 amide bonds. The van der Waals surface area contributed by atoms with Crippen LogP contribution in [-0.2, 0) is 12.8 Å². The van der Waals surface area contributed by atoms with Gasteiger partial charge in [-0.3, -0.25) is 4.90 Å². The van der Waals surface area contributed by atoms with E-state index in [0.29, 0.717) is 12.6 Å². The lowest BCUT2D eigenvalue weighted by molar-refractivity contribution is 0.147. The van der Waals surface area contributed by atoms with Crippen LogP contribution in [0.3, 0.4) is 0 Å². The maximum absolute atomic E-state index is 11.1. The van der Waals surface area contributed by atoms with Gasteiger partial charge in [-0.1, -0.05) is 24.3 Å². The third-order valence-electron chi connectivity index (χ3n) is 5.72. The van der Waals surface area contributed by atoms with E-state index in [1.54, 1.807) is 4.90 Å². The zero-order valence-corrected chi connectivity index (χ0v) is 12.3. The van der Waals surface area contributed by atoms with Crippen molar-refractivity contribution < 1.29 is 9.90 Å². The molecule has 3 aliphatic rings. The topological polar surface area (TPSA) is 43.8 Å². The summed E-state index contributed by atoms with van der Waals surface area (Å²) in [4.78, 5) is 15.4. The largest absolute Gasteiger partial charge is 0.465 e. The number of likely N-dealkylation sites (tertiary alicyclic amines) is 2. The first kappa shape index (κ1) is 13.1. The van der Waals surface area contributed by atoms with Crippen LogP contribution >= 0.6 is 0 Å². The molecule has 0 radical (unpaired) electrons. The van der Waals surface area contributed by atoms with Crippen LogP contribution in [0.4, 0.5) is 4.79 Å². The van der Waals surface area contributed by atoms with Crippen LogP contribution in [0, 0.1) is 5.41 Å². The van der Waals surface area contributed by atoms with Gasteiger partial charge >= 0.3 is 6.09 Å². The Bertz CT molecular complexity index is 549. The molecule has 112 valence electrons. The maximum Gasteiger partial charge on any atom is 0.407 e. The predicted octanol–water partition coefficient (Wildman–Crippen LogP) is 2.23. The van der Waals surface area contributed by atoms with Crippen LogP contribution in [0.5, 0.6) is 0 Å². The van der Waals surface area contributed by atoms with E-state index in [1.807, 2.05) is 0 Å². The number of carbonyl (C=O) groups is 1. The summed E-state index contributed by atoms with van der Waals surface area (Å²) in [6.45, 7) is 3.66. The smallest absolute Gasteiger partial charge is 0.407 e.